The number of hydrogen-bond acceptors (Lipinski definition) is 4. The Morgan fingerprint density at radius 3 is 2.53 bits per heavy atom. The zero-order chi connectivity index (χ0) is 14.3. The minimum absolute atomic E-state index is 0.118. The Balaban J connectivity index is 2.47. The SMILES string of the molecule is CSC(C)C(NC(=O)OCc1ccccc1)C(=O)O. The van der Waals surface area contributed by atoms with Gasteiger partial charge in [0.2, 0.25) is 0 Å². The highest BCUT2D eigenvalue weighted by Crippen LogP contribution is 2.11. The fourth-order valence-electron chi connectivity index (χ4n) is 1.41. The summed E-state index contributed by atoms with van der Waals surface area (Å²) in [6.45, 7) is 1.85. The van der Waals surface area contributed by atoms with Gasteiger partial charge >= 0.3 is 12.1 Å². The van der Waals surface area contributed by atoms with E-state index < -0.39 is 18.1 Å². The van der Waals surface area contributed by atoms with Crippen molar-refractivity contribution in [2.75, 3.05) is 6.26 Å². The van der Waals surface area contributed by atoms with Gasteiger partial charge in [-0.05, 0) is 11.8 Å². The molecule has 0 saturated heterocycles. The van der Waals surface area contributed by atoms with E-state index in [9.17, 15) is 9.59 Å². The number of carboxylic acids is 1. The Labute approximate surface area is 116 Å². The van der Waals surface area contributed by atoms with Crippen molar-refractivity contribution in [2.45, 2.75) is 24.8 Å². The van der Waals surface area contributed by atoms with Crippen molar-refractivity contribution >= 4 is 23.8 Å². The summed E-state index contributed by atoms with van der Waals surface area (Å²) in [4.78, 5) is 22.6. The highest BCUT2D eigenvalue weighted by Gasteiger charge is 2.26. The smallest absolute Gasteiger partial charge is 0.408 e. The Bertz CT molecular complexity index is 424. The Morgan fingerprint density at radius 2 is 2.00 bits per heavy atom. The maximum Gasteiger partial charge on any atom is 0.408 e. The van der Waals surface area contributed by atoms with Crippen molar-refractivity contribution in [2.24, 2.45) is 0 Å². The number of alkyl carbamates (subject to hydrolysis) is 1. The molecule has 0 heterocycles. The first-order valence-corrected chi connectivity index (χ1v) is 7.06. The summed E-state index contributed by atoms with van der Waals surface area (Å²) in [6.07, 6.45) is 1.06. The molecule has 5 nitrogen and oxygen atoms in total. The number of carbonyl (C=O) groups excluding carboxylic acids is 1. The lowest BCUT2D eigenvalue weighted by atomic mass is 10.2. The highest BCUT2D eigenvalue weighted by atomic mass is 32.2. The largest absolute Gasteiger partial charge is 0.480 e. The van der Waals surface area contributed by atoms with E-state index in [1.54, 1.807) is 13.2 Å². The van der Waals surface area contributed by atoms with Gasteiger partial charge in [0, 0.05) is 5.25 Å². The van der Waals surface area contributed by atoms with E-state index in [1.807, 2.05) is 30.3 Å². The number of carbonyl (C=O) groups is 2. The second-order valence-corrected chi connectivity index (χ2v) is 5.18. The molecular formula is C13H17NO4S. The van der Waals surface area contributed by atoms with Crippen LogP contribution < -0.4 is 5.32 Å². The zero-order valence-corrected chi connectivity index (χ0v) is 11.6. The average molecular weight is 283 g/mol. The van der Waals surface area contributed by atoms with Gasteiger partial charge in [-0.2, -0.15) is 11.8 Å². The van der Waals surface area contributed by atoms with Crippen molar-refractivity contribution in [1.29, 1.82) is 0 Å². The van der Waals surface area contributed by atoms with Crippen LogP contribution in [0, 0.1) is 0 Å². The maximum absolute atomic E-state index is 11.5. The molecule has 1 amide bonds. The summed E-state index contributed by atoms with van der Waals surface area (Å²) in [6, 6.07) is 8.24. The number of carboxylic acid groups (broad SMARTS) is 1. The molecule has 0 saturated carbocycles. The van der Waals surface area contributed by atoms with E-state index in [2.05, 4.69) is 5.32 Å². The molecule has 0 fully saturated rings. The second kappa shape index (κ2) is 7.68. The number of hydrogen-bond donors (Lipinski definition) is 2. The van der Waals surface area contributed by atoms with E-state index in [4.69, 9.17) is 9.84 Å². The summed E-state index contributed by atoms with van der Waals surface area (Å²) in [7, 11) is 0. The van der Waals surface area contributed by atoms with Crippen molar-refractivity contribution in [3.63, 3.8) is 0 Å². The lowest BCUT2D eigenvalue weighted by Crippen LogP contribution is -2.46. The van der Waals surface area contributed by atoms with Crippen LogP contribution in [0.3, 0.4) is 0 Å². The molecule has 0 aliphatic heterocycles. The zero-order valence-electron chi connectivity index (χ0n) is 10.8. The molecule has 0 radical (unpaired) electrons. The standard InChI is InChI=1S/C13H17NO4S/c1-9(19-2)11(12(15)16)14-13(17)18-8-10-6-4-3-5-7-10/h3-7,9,11H,8H2,1-2H3,(H,14,17)(H,15,16). The first kappa shape index (κ1) is 15.4. The topological polar surface area (TPSA) is 75.6 Å². The van der Waals surface area contributed by atoms with Gasteiger partial charge in [-0.3, -0.25) is 0 Å². The van der Waals surface area contributed by atoms with E-state index >= 15 is 0 Å². The molecule has 1 aromatic carbocycles. The van der Waals surface area contributed by atoms with Crippen LogP contribution in [0.1, 0.15) is 12.5 Å². The normalized spacial score (nSPS) is 13.4. The molecule has 0 spiro atoms. The monoisotopic (exact) mass is 283 g/mol. The molecule has 0 aromatic heterocycles. The van der Waals surface area contributed by atoms with Crippen LogP contribution in [0.2, 0.25) is 0 Å². The molecule has 6 heteroatoms. The van der Waals surface area contributed by atoms with Crippen molar-refractivity contribution in [3.05, 3.63) is 35.9 Å². The van der Waals surface area contributed by atoms with Gasteiger partial charge < -0.3 is 15.2 Å². The third-order valence-corrected chi connectivity index (χ3v) is 3.61. The van der Waals surface area contributed by atoms with Crippen LogP contribution in [0.5, 0.6) is 0 Å². The molecule has 0 bridgehead atoms. The first-order chi connectivity index (χ1) is 9.04. The van der Waals surface area contributed by atoms with Crippen LogP contribution in [0.15, 0.2) is 30.3 Å². The number of thioether (sulfide) groups is 1. The highest BCUT2D eigenvalue weighted by molar-refractivity contribution is 7.99. The third kappa shape index (κ3) is 5.21. The summed E-state index contributed by atoms with van der Waals surface area (Å²) in [5, 5.41) is 11.1. The van der Waals surface area contributed by atoms with Crippen LogP contribution in [0.4, 0.5) is 4.79 Å². The van der Waals surface area contributed by atoms with Crippen LogP contribution in [-0.2, 0) is 16.1 Å². The van der Waals surface area contributed by atoms with Crippen LogP contribution in [0.25, 0.3) is 0 Å². The van der Waals surface area contributed by atoms with Crippen LogP contribution >= 0.6 is 11.8 Å². The predicted molar refractivity (Wildman–Crippen MR) is 74.2 cm³/mol. The van der Waals surface area contributed by atoms with Crippen molar-refractivity contribution in [1.82, 2.24) is 5.32 Å². The predicted octanol–water partition coefficient (Wildman–Crippen LogP) is 2.12. The molecule has 1 rings (SSSR count). The van der Waals surface area contributed by atoms with Crippen molar-refractivity contribution < 1.29 is 19.4 Å². The molecule has 19 heavy (non-hydrogen) atoms. The van der Waals surface area contributed by atoms with Gasteiger partial charge in [0.25, 0.3) is 0 Å². The number of amides is 1. The number of rotatable bonds is 6. The van der Waals surface area contributed by atoms with Gasteiger partial charge in [0.05, 0.1) is 0 Å². The minimum Gasteiger partial charge on any atom is -0.480 e. The fraction of sp³-hybridized carbons (Fsp3) is 0.385. The van der Waals surface area contributed by atoms with E-state index in [0.717, 1.165) is 5.56 Å². The Kier molecular flexibility index (Phi) is 6.21. The third-order valence-electron chi connectivity index (χ3n) is 2.59. The molecule has 104 valence electrons. The number of ether oxygens (including phenoxy) is 1. The molecule has 0 aliphatic carbocycles. The number of nitrogens with one attached hydrogen (secondary N) is 1. The molecule has 2 atom stereocenters. The lowest BCUT2D eigenvalue weighted by molar-refractivity contribution is -0.139. The number of aliphatic carboxylic acids is 1. The van der Waals surface area contributed by atoms with Crippen molar-refractivity contribution in [3.8, 4) is 0 Å². The van der Waals surface area contributed by atoms with E-state index in [0.29, 0.717) is 0 Å². The Morgan fingerprint density at radius 1 is 1.37 bits per heavy atom. The summed E-state index contributed by atoms with van der Waals surface area (Å²) in [5.41, 5.74) is 0.849. The molecule has 0 aliphatic rings. The summed E-state index contributed by atoms with van der Waals surface area (Å²) < 4.78 is 4.98. The molecule has 2 unspecified atom stereocenters. The fourth-order valence-corrected chi connectivity index (χ4v) is 1.86. The van der Waals surface area contributed by atoms with Gasteiger partial charge in [0.1, 0.15) is 12.6 Å². The molecule has 1 aromatic rings. The maximum atomic E-state index is 11.5. The van der Waals surface area contributed by atoms with E-state index in [-0.39, 0.29) is 11.9 Å². The summed E-state index contributed by atoms with van der Waals surface area (Å²) in [5.74, 6) is -1.07. The summed E-state index contributed by atoms with van der Waals surface area (Å²) >= 11 is 1.37. The van der Waals surface area contributed by atoms with Gasteiger partial charge in [-0.25, -0.2) is 9.59 Å². The lowest BCUT2D eigenvalue weighted by Gasteiger charge is -2.19. The first-order valence-electron chi connectivity index (χ1n) is 5.77. The number of benzene rings is 1. The van der Waals surface area contributed by atoms with Crippen LogP contribution in [-0.4, -0.2) is 34.7 Å². The quantitative estimate of drug-likeness (QED) is 0.836. The van der Waals surface area contributed by atoms with Gasteiger partial charge in [0.15, 0.2) is 0 Å². The van der Waals surface area contributed by atoms with E-state index in [1.165, 1.54) is 11.8 Å². The second-order valence-electron chi connectivity index (χ2n) is 3.96. The Hall–Kier alpha value is -1.69. The molecular weight excluding hydrogens is 266 g/mol. The minimum atomic E-state index is -1.07. The van der Waals surface area contributed by atoms with Gasteiger partial charge in [-0.15, -0.1) is 0 Å². The molecule has 2 N–H and O–H groups in total. The van der Waals surface area contributed by atoms with Gasteiger partial charge in [-0.1, -0.05) is 37.3 Å². The average Bonchev–Trinajstić information content (AvgIpc) is 2.42.